The zero-order chi connectivity index (χ0) is 24.9. The SMILES string of the molecule is CC(=O)OC[C@@H]1O[C@@H](O[Si](C)(C)C(C)(C)C(C)C)[C@@H](N=[N+]=[N-])[C@H](OC(C)=O)[C@H]1OC(C)=O. The van der Waals surface area contributed by atoms with E-state index in [0.29, 0.717) is 0 Å². The summed E-state index contributed by atoms with van der Waals surface area (Å²) >= 11 is 0. The van der Waals surface area contributed by atoms with Gasteiger partial charge >= 0.3 is 17.9 Å². The highest BCUT2D eigenvalue weighted by Gasteiger charge is 2.54. The lowest BCUT2D eigenvalue weighted by Gasteiger charge is -2.49. The lowest BCUT2D eigenvalue weighted by molar-refractivity contribution is -0.255. The van der Waals surface area contributed by atoms with Crippen molar-refractivity contribution in [2.45, 2.75) is 97.2 Å². The number of hydrogen-bond donors (Lipinski definition) is 0. The van der Waals surface area contributed by atoms with Gasteiger partial charge in [-0.05, 0) is 29.6 Å². The van der Waals surface area contributed by atoms with Crippen LogP contribution in [0.1, 0.15) is 48.5 Å². The summed E-state index contributed by atoms with van der Waals surface area (Å²) < 4.78 is 28.3. The lowest BCUT2D eigenvalue weighted by atomic mass is 9.97. The van der Waals surface area contributed by atoms with E-state index in [2.05, 4.69) is 37.7 Å². The molecule has 0 spiro atoms. The van der Waals surface area contributed by atoms with Crippen LogP contribution in [0.5, 0.6) is 0 Å². The molecule has 0 unspecified atom stereocenters. The Kier molecular flexibility index (Phi) is 9.70. The molecule has 0 amide bonds. The highest BCUT2D eigenvalue weighted by molar-refractivity contribution is 6.74. The van der Waals surface area contributed by atoms with Gasteiger partial charge in [0.1, 0.15) is 18.8 Å². The van der Waals surface area contributed by atoms with Crippen molar-refractivity contribution >= 4 is 26.2 Å². The molecule has 1 saturated heterocycles. The molecule has 0 aliphatic carbocycles. The van der Waals surface area contributed by atoms with Crippen LogP contribution in [0.4, 0.5) is 0 Å². The highest BCUT2D eigenvalue weighted by Crippen LogP contribution is 2.46. The van der Waals surface area contributed by atoms with Crippen LogP contribution >= 0.6 is 0 Å². The van der Waals surface area contributed by atoms with Crippen molar-refractivity contribution in [3.63, 3.8) is 0 Å². The van der Waals surface area contributed by atoms with Crippen molar-refractivity contribution in [1.29, 1.82) is 0 Å². The topological polar surface area (TPSA) is 146 Å². The van der Waals surface area contributed by atoms with E-state index in [-0.39, 0.29) is 17.6 Å². The first-order valence-corrected chi connectivity index (χ1v) is 13.4. The van der Waals surface area contributed by atoms with Gasteiger partial charge in [0.15, 0.2) is 26.8 Å². The van der Waals surface area contributed by atoms with Crippen LogP contribution in [0.25, 0.3) is 10.4 Å². The fraction of sp³-hybridized carbons (Fsp3) is 0.850. The molecule has 0 radical (unpaired) electrons. The number of azide groups is 1. The molecule has 1 aliphatic heterocycles. The summed E-state index contributed by atoms with van der Waals surface area (Å²) in [4.78, 5) is 37.9. The number of nitrogens with zero attached hydrogens (tertiary/aromatic N) is 3. The average Bonchev–Trinajstić information content (AvgIpc) is 2.63. The molecule has 0 aromatic rings. The first-order valence-electron chi connectivity index (χ1n) is 10.5. The standard InChI is InChI=1S/C20H35N3O8Si/c1-11(2)20(6,7)32(8,9)31-19-16(22-23-21)18(29-14(5)26)17(28-13(4)25)15(30-19)10-27-12(3)24/h11,15-19H,10H2,1-9H3/t15-,16-,17-,18-,19-/m0/s1. The molecule has 1 heterocycles. The molecule has 1 fully saturated rings. The third-order valence-electron chi connectivity index (χ3n) is 6.26. The second kappa shape index (κ2) is 11.1. The molecule has 1 rings (SSSR count). The van der Waals surface area contributed by atoms with Gasteiger partial charge in [0.05, 0.1) is 0 Å². The Balaban J connectivity index is 3.46. The van der Waals surface area contributed by atoms with Crippen molar-refractivity contribution in [1.82, 2.24) is 0 Å². The summed E-state index contributed by atoms with van der Waals surface area (Å²) in [7, 11) is -2.51. The van der Waals surface area contributed by atoms with Crippen molar-refractivity contribution in [2.24, 2.45) is 11.0 Å². The van der Waals surface area contributed by atoms with E-state index in [1.165, 1.54) is 20.8 Å². The fourth-order valence-corrected chi connectivity index (χ4v) is 5.77. The quantitative estimate of drug-likeness (QED) is 0.123. The normalized spacial score (nSPS) is 26.1. The van der Waals surface area contributed by atoms with Gasteiger partial charge < -0.3 is 23.4 Å². The van der Waals surface area contributed by atoms with Crippen LogP contribution in [-0.4, -0.2) is 63.5 Å². The second-order valence-electron chi connectivity index (χ2n) is 9.19. The molecule has 0 N–H and O–H groups in total. The van der Waals surface area contributed by atoms with Crippen LogP contribution < -0.4 is 0 Å². The Bertz CT molecular complexity index is 751. The molecule has 12 heteroatoms. The molecule has 11 nitrogen and oxygen atoms in total. The largest absolute Gasteiger partial charge is 0.463 e. The highest BCUT2D eigenvalue weighted by atomic mass is 28.4. The van der Waals surface area contributed by atoms with Crippen molar-refractivity contribution in [3.8, 4) is 0 Å². The maximum absolute atomic E-state index is 11.9. The third kappa shape index (κ3) is 6.93. The second-order valence-corrected chi connectivity index (χ2v) is 13.7. The minimum absolute atomic E-state index is 0.202. The van der Waals surface area contributed by atoms with Gasteiger partial charge in [-0.15, -0.1) is 0 Å². The van der Waals surface area contributed by atoms with E-state index in [9.17, 15) is 19.9 Å². The van der Waals surface area contributed by atoms with Gasteiger partial charge in [-0.25, -0.2) is 0 Å². The smallest absolute Gasteiger partial charge is 0.303 e. The van der Waals surface area contributed by atoms with Gasteiger partial charge in [-0.3, -0.25) is 14.4 Å². The average molecular weight is 474 g/mol. The van der Waals surface area contributed by atoms with E-state index in [0.717, 1.165) is 0 Å². The zero-order valence-electron chi connectivity index (χ0n) is 20.3. The number of esters is 3. The van der Waals surface area contributed by atoms with Gasteiger partial charge in [-0.2, -0.15) is 0 Å². The van der Waals surface area contributed by atoms with Crippen LogP contribution in [-0.2, 0) is 37.8 Å². The molecule has 0 saturated carbocycles. The molecule has 0 aromatic heterocycles. The zero-order valence-corrected chi connectivity index (χ0v) is 21.3. The van der Waals surface area contributed by atoms with Crippen molar-refractivity contribution < 1.29 is 37.8 Å². The minimum atomic E-state index is -2.51. The molecule has 32 heavy (non-hydrogen) atoms. The number of carbonyl (C=O) groups is 3. The van der Waals surface area contributed by atoms with Gasteiger partial charge in [0.2, 0.25) is 0 Å². The van der Waals surface area contributed by atoms with E-state index in [1.807, 2.05) is 13.1 Å². The maximum atomic E-state index is 11.9. The molecule has 0 bridgehead atoms. The summed E-state index contributed by atoms with van der Waals surface area (Å²) in [6.07, 6.45) is -4.48. The lowest BCUT2D eigenvalue weighted by Crippen LogP contribution is -2.63. The van der Waals surface area contributed by atoms with E-state index >= 15 is 0 Å². The van der Waals surface area contributed by atoms with Crippen LogP contribution in [0.2, 0.25) is 18.1 Å². The van der Waals surface area contributed by atoms with Crippen molar-refractivity contribution in [2.75, 3.05) is 6.61 Å². The van der Waals surface area contributed by atoms with E-state index in [1.54, 1.807) is 0 Å². The molecule has 1 aliphatic rings. The number of ether oxygens (including phenoxy) is 4. The van der Waals surface area contributed by atoms with Crippen LogP contribution in [0.15, 0.2) is 5.11 Å². The monoisotopic (exact) mass is 473 g/mol. The van der Waals surface area contributed by atoms with E-state index < -0.39 is 56.9 Å². The van der Waals surface area contributed by atoms with Gasteiger partial charge in [0, 0.05) is 25.7 Å². The predicted octanol–water partition coefficient (Wildman–Crippen LogP) is 3.47. The maximum Gasteiger partial charge on any atom is 0.303 e. The van der Waals surface area contributed by atoms with Gasteiger partial charge in [0.25, 0.3) is 0 Å². The Morgan fingerprint density at radius 1 is 1.06 bits per heavy atom. The Morgan fingerprint density at radius 3 is 2.03 bits per heavy atom. The minimum Gasteiger partial charge on any atom is -0.463 e. The first kappa shape index (κ1) is 27.9. The fourth-order valence-electron chi connectivity index (χ4n) is 3.30. The molecular weight excluding hydrogens is 438 g/mol. The first-order chi connectivity index (χ1) is 14.6. The Hall–Kier alpha value is -2.14. The number of rotatable bonds is 9. The number of hydrogen-bond acceptors (Lipinski definition) is 9. The van der Waals surface area contributed by atoms with Crippen molar-refractivity contribution in [3.05, 3.63) is 10.4 Å². The molecule has 182 valence electrons. The molecular formula is C20H35N3O8Si. The van der Waals surface area contributed by atoms with Crippen LogP contribution in [0.3, 0.4) is 0 Å². The summed E-state index contributed by atoms with van der Waals surface area (Å²) in [5, 5.41) is 3.57. The summed E-state index contributed by atoms with van der Waals surface area (Å²) in [6.45, 7) is 15.7. The molecule has 0 aromatic carbocycles. The third-order valence-corrected chi connectivity index (χ3v) is 10.8. The van der Waals surface area contributed by atoms with Crippen LogP contribution in [0, 0.1) is 5.92 Å². The Labute approximate surface area is 189 Å². The Morgan fingerprint density at radius 2 is 1.59 bits per heavy atom. The van der Waals surface area contributed by atoms with E-state index in [4.69, 9.17) is 23.4 Å². The summed E-state index contributed by atoms with van der Waals surface area (Å²) in [5.41, 5.74) is 9.19. The number of carbonyl (C=O) groups excluding carboxylic acids is 3. The van der Waals surface area contributed by atoms with Gasteiger partial charge in [-0.1, -0.05) is 32.8 Å². The predicted molar refractivity (Wildman–Crippen MR) is 117 cm³/mol. The molecule has 5 atom stereocenters. The summed E-state index contributed by atoms with van der Waals surface area (Å²) in [5.74, 6) is -1.63. The summed E-state index contributed by atoms with van der Waals surface area (Å²) in [6, 6.07) is -1.13.